The van der Waals surface area contributed by atoms with Crippen LogP contribution >= 0.6 is 0 Å². The van der Waals surface area contributed by atoms with Gasteiger partial charge in [-0.25, -0.2) is 14.4 Å². The van der Waals surface area contributed by atoms with Gasteiger partial charge in [-0.1, -0.05) is 19.9 Å². The highest BCUT2D eigenvalue weighted by molar-refractivity contribution is 5.89. The minimum absolute atomic E-state index is 0.00499. The fraction of sp³-hybridized carbons (Fsp3) is 0.357. The van der Waals surface area contributed by atoms with Gasteiger partial charge >= 0.3 is 0 Å². The van der Waals surface area contributed by atoms with E-state index in [-0.39, 0.29) is 23.2 Å². The van der Waals surface area contributed by atoms with Crippen molar-refractivity contribution in [2.24, 2.45) is 5.92 Å². The molecule has 0 unspecified atom stereocenters. The first-order valence-corrected chi connectivity index (χ1v) is 6.50. The molecule has 1 heterocycles. The number of amides is 1. The number of halogens is 1. The average molecular weight is 276 g/mol. The third-order valence-electron chi connectivity index (χ3n) is 2.86. The van der Waals surface area contributed by atoms with E-state index in [1.54, 1.807) is 12.1 Å². The van der Waals surface area contributed by atoms with Crippen LogP contribution in [0.15, 0.2) is 24.5 Å². The summed E-state index contributed by atoms with van der Waals surface area (Å²) in [5.74, 6) is 0.156. The minimum atomic E-state index is -0.374. The maximum atomic E-state index is 13.6. The molecule has 0 saturated heterocycles. The SMILES string of the molecule is CC(C)C(=O)NCCNc1ncnc2c(F)cccc12. The number of aromatic nitrogens is 2. The first-order chi connectivity index (χ1) is 9.59. The van der Waals surface area contributed by atoms with Crippen LogP contribution in [-0.2, 0) is 4.79 Å². The monoisotopic (exact) mass is 276 g/mol. The van der Waals surface area contributed by atoms with Gasteiger partial charge in [-0.05, 0) is 12.1 Å². The molecule has 20 heavy (non-hydrogen) atoms. The highest BCUT2D eigenvalue weighted by Gasteiger charge is 2.08. The lowest BCUT2D eigenvalue weighted by Crippen LogP contribution is -2.32. The van der Waals surface area contributed by atoms with Gasteiger partial charge in [-0.3, -0.25) is 4.79 Å². The fourth-order valence-corrected chi connectivity index (χ4v) is 1.76. The number of rotatable bonds is 5. The second-order valence-electron chi connectivity index (χ2n) is 4.73. The van der Waals surface area contributed by atoms with Crippen LogP contribution in [0.5, 0.6) is 0 Å². The van der Waals surface area contributed by atoms with Crippen LogP contribution in [0.25, 0.3) is 10.9 Å². The summed E-state index contributed by atoms with van der Waals surface area (Å²) in [6, 6.07) is 4.74. The van der Waals surface area contributed by atoms with E-state index in [4.69, 9.17) is 0 Å². The number of nitrogens with one attached hydrogen (secondary N) is 2. The predicted octanol–water partition coefficient (Wildman–Crippen LogP) is 1.95. The predicted molar refractivity (Wildman–Crippen MR) is 75.8 cm³/mol. The molecule has 2 N–H and O–H groups in total. The minimum Gasteiger partial charge on any atom is -0.368 e. The molecule has 106 valence electrons. The smallest absolute Gasteiger partial charge is 0.222 e. The second-order valence-corrected chi connectivity index (χ2v) is 4.73. The van der Waals surface area contributed by atoms with Crippen molar-refractivity contribution in [3.63, 3.8) is 0 Å². The van der Waals surface area contributed by atoms with Crippen molar-refractivity contribution >= 4 is 22.6 Å². The quantitative estimate of drug-likeness (QED) is 0.819. The first-order valence-electron chi connectivity index (χ1n) is 6.50. The van der Waals surface area contributed by atoms with Gasteiger partial charge in [0.15, 0.2) is 0 Å². The molecule has 0 aliphatic heterocycles. The summed E-state index contributed by atoms with van der Waals surface area (Å²) in [5, 5.41) is 6.50. The van der Waals surface area contributed by atoms with Crippen LogP contribution in [0.3, 0.4) is 0 Å². The maximum Gasteiger partial charge on any atom is 0.222 e. The number of hydrogen-bond donors (Lipinski definition) is 2. The largest absolute Gasteiger partial charge is 0.368 e. The van der Waals surface area contributed by atoms with E-state index in [0.29, 0.717) is 24.3 Å². The Kier molecular flexibility index (Phi) is 4.45. The molecule has 0 fully saturated rings. The Morgan fingerprint density at radius 1 is 1.30 bits per heavy atom. The third-order valence-corrected chi connectivity index (χ3v) is 2.86. The lowest BCUT2D eigenvalue weighted by atomic mass is 10.2. The Labute approximate surface area is 116 Å². The standard InChI is InChI=1S/C14H17FN4O/c1-9(2)14(20)17-7-6-16-13-10-4-3-5-11(15)12(10)18-8-19-13/h3-5,8-9H,6-7H2,1-2H3,(H,17,20)(H,16,18,19). The number of carbonyl (C=O) groups is 1. The topological polar surface area (TPSA) is 66.9 Å². The van der Waals surface area contributed by atoms with Crippen molar-refractivity contribution in [3.05, 3.63) is 30.3 Å². The van der Waals surface area contributed by atoms with Crippen molar-refractivity contribution in [3.8, 4) is 0 Å². The van der Waals surface area contributed by atoms with Crippen molar-refractivity contribution < 1.29 is 9.18 Å². The molecular weight excluding hydrogens is 259 g/mol. The van der Waals surface area contributed by atoms with E-state index in [0.717, 1.165) is 0 Å². The van der Waals surface area contributed by atoms with Crippen molar-refractivity contribution in [1.29, 1.82) is 0 Å². The number of nitrogens with zero attached hydrogens (tertiary/aromatic N) is 2. The summed E-state index contributed by atoms with van der Waals surface area (Å²) < 4.78 is 13.6. The molecule has 0 bridgehead atoms. The maximum absolute atomic E-state index is 13.6. The molecule has 2 rings (SSSR count). The Morgan fingerprint density at radius 3 is 2.85 bits per heavy atom. The molecule has 0 spiro atoms. The van der Waals surface area contributed by atoms with E-state index in [1.807, 2.05) is 13.8 Å². The van der Waals surface area contributed by atoms with Crippen LogP contribution in [0, 0.1) is 11.7 Å². The van der Waals surface area contributed by atoms with Gasteiger partial charge in [-0.2, -0.15) is 0 Å². The zero-order valence-electron chi connectivity index (χ0n) is 11.5. The van der Waals surface area contributed by atoms with Gasteiger partial charge in [0.1, 0.15) is 23.5 Å². The Balaban J connectivity index is 2.00. The molecule has 1 aromatic heterocycles. The van der Waals surface area contributed by atoms with E-state index in [9.17, 15) is 9.18 Å². The summed E-state index contributed by atoms with van der Waals surface area (Å²) in [7, 11) is 0. The molecule has 5 nitrogen and oxygen atoms in total. The van der Waals surface area contributed by atoms with Gasteiger partial charge in [0.25, 0.3) is 0 Å². The summed E-state index contributed by atoms with van der Waals surface area (Å²) in [5.41, 5.74) is 0.288. The normalized spacial score (nSPS) is 10.8. The molecule has 6 heteroatoms. The number of hydrogen-bond acceptors (Lipinski definition) is 4. The summed E-state index contributed by atoms with van der Waals surface area (Å²) in [4.78, 5) is 19.4. The average Bonchev–Trinajstić information content (AvgIpc) is 2.44. The lowest BCUT2D eigenvalue weighted by molar-refractivity contribution is -0.123. The van der Waals surface area contributed by atoms with Crippen LogP contribution < -0.4 is 10.6 Å². The number of anilines is 1. The number of fused-ring (bicyclic) bond motifs is 1. The number of carbonyl (C=O) groups excluding carboxylic acids is 1. The van der Waals surface area contributed by atoms with Crippen LogP contribution in [0.1, 0.15) is 13.8 Å². The molecule has 0 aliphatic carbocycles. The van der Waals surface area contributed by atoms with E-state index in [1.165, 1.54) is 12.4 Å². The molecule has 0 radical (unpaired) electrons. The zero-order valence-corrected chi connectivity index (χ0v) is 11.5. The third kappa shape index (κ3) is 3.20. The zero-order chi connectivity index (χ0) is 14.5. The first kappa shape index (κ1) is 14.2. The van der Waals surface area contributed by atoms with Gasteiger partial charge in [0, 0.05) is 24.4 Å². The van der Waals surface area contributed by atoms with Crippen LogP contribution in [0.2, 0.25) is 0 Å². The van der Waals surface area contributed by atoms with E-state index < -0.39 is 0 Å². The van der Waals surface area contributed by atoms with Gasteiger partial charge < -0.3 is 10.6 Å². The highest BCUT2D eigenvalue weighted by Crippen LogP contribution is 2.20. The highest BCUT2D eigenvalue weighted by atomic mass is 19.1. The molecule has 0 saturated carbocycles. The molecular formula is C14H17FN4O. The second kappa shape index (κ2) is 6.27. The number of para-hydroxylation sites is 1. The van der Waals surface area contributed by atoms with Crippen LogP contribution in [-0.4, -0.2) is 29.0 Å². The molecule has 1 amide bonds. The lowest BCUT2D eigenvalue weighted by Gasteiger charge is -2.10. The van der Waals surface area contributed by atoms with Gasteiger partial charge in [0.2, 0.25) is 5.91 Å². The van der Waals surface area contributed by atoms with Crippen molar-refractivity contribution in [2.75, 3.05) is 18.4 Å². The Bertz CT molecular complexity index is 615. The molecule has 0 atom stereocenters. The molecule has 2 aromatic rings. The Morgan fingerprint density at radius 2 is 2.10 bits per heavy atom. The molecule has 1 aromatic carbocycles. The summed E-state index contributed by atoms with van der Waals surface area (Å²) >= 11 is 0. The number of benzene rings is 1. The fourth-order valence-electron chi connectivity index (χ4n) is 1.76. The molecule has 0 aliphatic rings. The summed E-state index contributed by atoms with van der Waals surface area (Å²) in [6.45, 7) is 4.67. The van der Waals surface area contributed by atoms with Gasteiger partial charge in [0.05, 0.1) is 0 Å². The van der Waals surface area contributed by atoms with Crippen molar-refractivity contribution in [1.82, 2.24) is 15.3 Å². The van der Waals surface area contributed by atoms with E-state index in [2.05, 4.69) is 20.6 Å². The Hall–Kier alpha value is -2.24. The van der Waals surface area contributed by atoms with Crippen LogP contribution in [0.4, 0.5) is 10.2 Å². The van der Waals surface area contributed by atoms with E-state index >= 15 is 0 Å². The summed E-state index contributed by atoms with van der Waals surface area (Å²) in [6.07, 6.45) is 1.32. The van der Waals surface area contributed by atoms with Crippen molar-refractivity contribution in [2.45, 2.75) is 13.8 Å². The van der Waals surface area contributed by atoms with Gasteiger partial charge in [-0.15, -0.1) is 0 Å².